The Balaban J connectivity index is 0.965. The Hall–Kier alpha value is -6.78. The number of fused-ring (bicyclic) bond motifs is 3. The largest absolute Gasteiger partial charge is 0.381 e. The summed E-state index contributed by atoms with van der Waals surface area (Å²) >= 11 is 6.91. The summed E-state index contributed by atoms with van der Waals surface area (Å²) in [5, 5.41) is 22.2. The minimum atomic E-state index is -0.959. The smallest absolute Gasteiger partial charge is 0.251 e. The number of likely N-dealkylation sites (tertiary alicyclic amines) is 1. The van der Waals surface area contributed by atoms with Crippen molar-refractivity contribution in [1.82, 2.24) is 41.7 Å². The van der Waals surface area contributed by atoms with Crippen molar-refractivity contribution in [3.05, 3.63) is 134 Å². The summed E-state index contributed by atoms with van der Waals surface area (Å²) in [4.78, 5) is 101. The molecule has 0 bridgehead atoms. The first-order valence-corrected chi connectivity index (χ1v) is 28.5. The Morgan fingerprint density at radius 3 is 1.84 bits per heavy atom. The molecule has 0 aromatic heterocycles. The molecule has 0 spiro atoms. The highest BCUT2D eigenvalue weighted by Crippen LogP contribution is 2.35. The van der Waals surface area contributed by atoms with Gasteiger partial charge in [0.1, 0.15) is 24.2 Å². The summed E-state index contributed by atoms with van der Waals surface area (Å²) < 4.78 is 0. The molecule has 2 aliphatic carbocycles. The van der Waals surface area contributed by atoms with Crippen molar-refractivity contribution in [2.24, 2.45) is 10.8 Å². The summed E-state index contributed by atoms with van der Waals surface area (Å²) in [6.45, 7) is 15.3. The minimum absolute atomic E-state index is 0.0479. The second-order valence-corrected chi connectivity index (χ2v) is 24.5. The van der Waals surface area contributed by atoms with Gasteiger partial charge in [0.05, 0.1) is 18.1 Å². The van der Waals surface area contributed by atoms with Crippen LogP contribution in [0.15, 0.2) is 84.9 Å². The van der Waals surface area contributed by atoms with Crippen LogP contribution in [0.25, 0.3) is 0 Å². The van der Waals surface area contributed by atoms with Crippen LogP contribution in [-0.2, 0) is 61.1 Å². The number of amides is 7. The molecule has 79 heavy (non-hydrogen) atoms. The summed E-state index contributed by atoms with van der Waals surface area (Å²) in [6.07, 6.45) is 5.94. The average Bonchev–Trinajstić information content (AvgIpc) is 3.86. The van der Waals surface area contributed by atoms with Gasteiger partial charge in [0.15, 0.2) is 0 Å². The quantitative estimate of drug-likeness (QED) is 0.0597. The van der Waals surface area contributed by atoms with Gasteiger partial charge in [-0.05, 0) is 133 Å². The highest BCUT2D eigenvalue weighted by Gasteiger charge is 2.47. The van der Waals surface area contributed by atoms with Gasteiger partial charge in [0.2, 0.25) is 35.4 Å². The van der Waals surface area contributed by atoms with Gasteiger partial charge < -0.3 is 47.0 Å². The zero-order valence-electron chi connectivity index (χ0n) is 47.3. The lowest BCUT2D eigenvalue weighted by Crippen LogP contribution is -2.60. The zero-order valence-corrected chi connectivity index (χ0v) is 48.1. The van der Waals surface area contributed by atoms with Crippen molar-refractivity contribution in [1.29, 1.82) is 0 Å². The third kappa shape index (κ3) is 13.6. The number of likely N-dealkylation sites (N-methyl/N-ethyl adjacent to an activating group) is 1. The number of nitrogens with zero attached hydrogens (tertiary/aromatic N) is 2. The number of hydrogen-bond acceptors (Lipinski definition) is 9. The predicted octanol–water partition coefficient (Wildman–Crippen LogP) is 7.37. The fourth-order valence-corrected chi connectivity index (χ4v) is 11.8. The second-order valence-electron chi connectivity index (χ2n) is 24.1. The van der Waals surface area contributed by atoms with Gasteiger partial charge >= 0.3 is 0 Å². The molecule has 0 radical (unpaired) electrons. The molecule has 8 unspecified atom stereocenters. The molecule has 1 saturated heterocycles. The van der Waals surface area contributed by atoms with Crippen LogP contribution in [0.3, 0.4) is 0 Å². The maximum absolute atomic E-state index is 14.7. The molecule has 8 atom stereocenters. The van der Waals surface area contributed by atoms with E-state index in [4.69, 9.17) is 11.6 Å². The van der Waals surface area contributed by atoms with Crippen molar-refractivity contribution in [2.75, 3.05) is 18.9 Å². The Labute approximate surface area is 470 Å². The van der Waals surface area contributed by atoms with Crippen LogP contribution in [0, 0.1) is 10.8 Å². The summed E-state index contributed by atoms with van der Waals surface area (Å²) in [6, 6.07) is 22.1. The van der Waals surface area contributed by atoms with Crippen molar-refractivity contribution in [3.63, 3.8) is 0 Å². The molecule has 17 heteroatoms. The van der Waals surface area contributed by atoms with Gasteiger partial charge in [-0.15, -0.1) is 0 Å². The van der Waals surface area contributed by atoms with Crippen LogP contribution in [0.4, 0.5) is 5.69 Å². The van der Waals surface area contributed by atoms with Gasteiger partial charge in [-0.1, -0.05) is 121 Å². The standard InChI is InChI=1S/C62H80ClN9O7/c1-10-52(73)69-53(61(3,4)5)59(78)71-34-42-29-43(28-27-39(42)31-50(71)57(76)67-48-23-15-19-37-17-11-13-21-45(37)48)65-33-41-26-25-40(30-47(41)63)56(75)66-44-32-51(58(77)68-49-24-16-20-38-18-12-14-22-46(38)49)72(35-44)60(79)54(62(6,7)8)70-55(74)36(2)64-9/h11-14,17-18,21-22,25-30,36,44,48-51,53-54,64-65H,10,15-16,19-20,23-24,31-35H2,1-9H3,(H,66,75)(H,67,76)(H,68,77)(H,69,73)(H,70,74). The van der Waals surface area contributed by atoms with E-state index in [2.05, 4.69) is 55.4 Å². The molecular formula is C62H80ClN9O7. The predicted molar refractivity (Wildman–Crippen MR) is 307 cm³/mol. The van der Waals surface area contributed by atoms with Crippen LogP contribution < -0.4 is 37.2 Å². The summed E-state index contributed by atoms with van der Waals surface area (Å²) in [5.41, 5.74) is 6.79. The molecule has 16 nitrogen and oxygen atoms in total. The monoisotopic (exact) mass is 1100 g/mol. The molecule has 7 N–H and O–H groups in total. The molecular weight excluding hydrogens is 1020 g/mol. The molecule has 4 aromatic carbocycles. The van der Waals surface area contributed by atoms with E-state index in [-0.39, 0.29) is 67.6 Å². The van der Waals surface area contributed by atoms with Crippen molar-refractivity contribution in [2.45, 2.75) is 175 Å². The van der Waals surface area contributed by atoms with E-state index in [0.717, 1.165) is 72.0 Å². The van der Waals surface area contributed by atoms with Crippen LogP contribution in [0.5, 0.6) is 0 Å². The first-order valence-electron chi connectivity index (χ1n) is 28.1. The molecule has 2 heterocycles. The Morgan fingerprint density at radius 1 is 0.671 bits per heavy atom. The number of anilines is 1. The van der Waals surface area contributed by atoms with Crippen molar-refractivity contribution < 1.29 is 33.6 Å². The average molecular weight is 1100 g/mol. The number of halogens is 1. The number of hydrogen-bond donors (Lipinski definition) is 7. The molecule has 2 aliphatic heterocycles. The maximum Gasteiger partial charge on any atom is 0.251 e. The Morgan fingerprint density at radius 2 is 1.25 bits per heavy atom. The Bertz CT molecular complexity index is 2950. The number of carbonyl (C=O) groups excluding carboxylic acids is 7. The lowest BCUT2D eigenvalue weighted by atomic mass is 9.83. The third-order valence-electron chi connectivity index (χ3n) is 16.3. The van der Waals surface area contributed by atoms with Gasteiger partial charge in [0, 0.05) is 54.8 Å². The van der Waals surface area contributed by atoms with Gasteiger partial charge in [0.25, 0.3) is 5.91 Å². The van der Waals surface area contributed by atoms with E-state index in [9.17, 15) is 33.6 Å². The maximum atomic E-state index is 14.7. The molecule has 7 amide bonds. The van der Waals surface area contributed by atoms with E-state index in [1.54, 1.807) is 44.0 Å². The van der Waals surface area contributed by atoms with E-state index in [1.165, 1.54) is 16.0 Å². The molecule has 4 aromatic rings. The summed E-state index contributed by atoms with van der Waals surface area (Å²) in [5.74, 6) is -2.30. The lowest BCUT2D eigenvalue weighted by Gasteiger charge is -2.41. The van der Waals surface area contributed by atoms with Crippen LogP contribution in [0.2, 0.25) is 5.02 Å². The molecule has 8 rings (SSSR count). The third-order valence-corrected chi connectivity index (χ3v) is 16.6. The minimum Gasteiger partial charge on any atom is -0.381 e. The van der Waals surface area contributed by atoms with Gasteiger partial charge in [-0.3, -0.25) is 33.6 Å². The molecule has 1 fully saturated rings. The van der Waals surface area contributed by atoms with Crippen LogP contribution >= 0.6 is 11.6 Å². The van der Waals surface area contributed by atoms with Crippen molar-refractivity contribution >= 4 is 58.6 Å². The fourth-order valence-electron chi connectivity index (χ4n) is 11.5. The number of nitrogens with one attached hydrogen (secondary N) is 7. The number of carbonyl (C=O) groups is 7. The first kappa shape index (κ1) is 58.4. The van der Waals surface area contributed by atoms with E-state index in [1.807, 2.05) is 90.1 Å². The van der Waals surface area contributed by atoms with E-state index < -0.39 is 58.9 Å². The van der Waals surface area contributed by atoms with E-state index in [0.29, 0.717) is 23.6 Å². The van der Waals surface area contributed by atoms with Gasteiger partial charge in [-0.2, -0.15) is 0 Å². The number of aryl methyl sites for hydroxylation is 2. The van der Waals surface area contributed by atoms with Crippen LogP contribution in [-0.4, -0.2) is 101 Å². The van der Waals surface area contributed by atoms with Crippen LogP contribution in [0.1, 0.15) is 155 Å². The van der Waals surface area contributed by atoms with Gasteiger partial charge in [-0.25, -0.2) is 0 Å². The second kappa shape index (κ2) is 24.7. The number of benzene rings is 4. The Kier molecular flexibility index (Phi) is 18.3. The lowest BCUT2D eigenvalue weighted by molar-refractivity contribution is -0.147. The normalized spacial score (nSPS) is 21.0. The highest BCUT2D eigenvalue weighted by molar-refractivity contribution is 6.31. The highest BCUT2D eigenvalue weighted by atomic mass is 35.5. The van der Waals surface area contributed by atoms with E-state index >= 15 is 0 Å². The molecule has 4 aliphatic rings. The first-order chi connectivity index (χ1) is 37.5. The SMILES string of the molecule is CCC(=O)NC(C(=O)N1Cc2cc(NCc3ccc(C(=O)NC4CC(C(=O)NC5CCCc6ccccc65)N(C(=O)C(NC(=O)C(C)NC)C(C)(C)C)C4)cc3Cl)ccc2CC1C(=O)NC1CCCc2ccccc21)C(C)(C)C. The molecule has 422 valence electrons. The van der Waals surface area contributed by atoms with Crippen molar-refractivity contribution in [3.8, 4) is 0 Å². The molecule has 0 saturated carbocycles. The summed E-state index contributed by atoms with van der Waals surface area (Å²) in [7, 11) is 1.67. The fraction of sp³-hybridized carbons (Fsp3) is 0.500. The number of rotatable bonds is 16. The zero-order chi connectivity index (χ0) is 56.9. The topological polar surface area (TPSA) is 210 Å².